The molecule has 0 aliphatic heterocycles. The lowest BCUT2D eigenvalue weighted by molar-refractivity contribution is 1.13. The number of halogens is 2. The Morgan fingerprint density at radius 3 is 2.27 bits per heavy atom. The van der Waals surface area contributed by atoms with E-state index in [1.54, 1.807) is 0 Å². The fourth-order valence-electron chi connectivity index (χ4n) is 0.754. The van der Waals surface area contributed by atoms with Crippen LogP contribution in [0.4, 0.5) is 5.69 Å². The molecule has 0 aliphatic rings. The summed E-state index contributed by atoms with van der Waals surface area (Å²) in [6, 6.07) is 7.76. The lowest BCUT2D eigenvalue weighted by atomic mass is 10.3. The van der Waals surface area contributed by atoms with Gasteiger partial charge in [-0.25, -0.2) is 0 Å². The van der Waals surface area contributed by atoms with Gasteiger partial charge in [0.05, 0.1) is 0 Å². The van der Waals surface area contributed by atoms with Crippen LogP contribution in [0.3, 0.4) is 0 Å². The molecule has 0 spiro atoms. The van der Waals surface area contributed by atoms with E-state index in [9.17, 15) is 0 Å². The van der Waals surface area contributed by atoms with Crippen LogP contribution in [-0.4, -0.2) is 14.1 Å². The maximum absolute atomic E-state index is 5.76. The Hall–Kier alpha value is -0.400. The van der Waals surface area contributed by atoms with Gasteiger partial charge in [-0.1, -0.05) is 17.7 Å². The zero-order valence-corrected chi connectivity index (χ0v) is 8.12. The summed E-state index contributed by atoms with van der Waals surface area (Å²) in [6.45, 7) is 0. The summed E-state index contributed by atoms with van der Waals surface area (Å²) >= 11 is 5.76. The molecular weight excluding hydrogens is 181 g/mol. The number of hydrogen-bond acceptors (Lipinski definition) is 1. The van der Waals surface area contributed by atoms with E-state index in [-0.39, 0.29) is 12.4 Å². The second kappa shape index (κ2) is 4.47. The zero-order chi connectivity index (χ0) is 7.56. The van der Waals surface area contributed by atoms with Crippen LogP contribution in [0.2, 0.25) is 5.02 Å². The number of anilines is 1. The molecule has 1 aromatic rings. The van der Waals surface area contributed by atoms with Crippen LogP contribution >= 0.6 is 24.0 Å². The fourth-order valence-corrected chi connectivity index (χ4v) is 0.939. The Bertz CT molecular complexity index is 223. The first-order valence-corrected chi connectivity index (χ1v) is 3.51. The molecule has 0 aromatic heterocycles. The lowest BCUT2D eigenvalue weighted by Gasteiger charge is -2.11. The molecule has 1 rings (SSSR count). The highest BCUT2D eigenvalue weighted by molar-refractivity contribution is 6.30. The van der Waals surface area contributed by atoms with Gasteiger partial charge in [-0.05, 0) is 18.2 Å². The van der Waals surface area contributed by atoms with Gasteiger partial charge in [-0.15, -0.1) is 12.4 Å². The van der Waals surface area contributed by atoms with Gasteiger partial charge in [-0.2, -0.15) is 0 Å². The molecule has 0 bridgehead atoms. The molecule has 0 N–H and O–H groups in total. The lowest BCUT2D eigenvalue weighted by Crippen LogP contribution is -2.07. The summed E-state index contributed by atoms with van der Waals surface area (Å²) in [5.74, 6) is 0. The maximum Gasteiger partial charge on any atom is 0.0426 e. The number of benzene rings is 1. The third-order valence-corrected chi connectivity index (χ3v) is 1.56. The summed E-state index contributed by atoms with van der Waals surface area (Å²) in [5.41, 5.74) is 1.13. The first-order chi connectivity index (χ1) is 4.70. The third-order valence-electron chi connectivity index (χ3n) is 1.32. The first kappa shape index (κ1) is 10.6. The fraction of sp³-hybridized carbons (Fsp3) is 0.250. The van der Waals surface area contributed by atoms with Crippen molar-refractivity contribution in [3.05, 3.63) is 29.3 Å². The van der Waals surface area contributed by atoms with Crippen LogP contribution in [0.5, 0.6) is 0 Å². The molecule has 0 unspecified atom stereocenters. The topological polar surface area (TPSA) is 3.24 Å². The molecule has 0 heterocycles. The van der Waals surface area contributed by atoms with Gasteiger partial charge in [0.25, 0.3) is 0 Å². The Labute approximate surface area is 78.4 Å². The SMILES string of the molecule is CN(C)c1cccc(Cl)c1.Cl. The van der Waals surface area contributed by atoms with Gasteiger partial charge < -0.3 is 4.90 Å². The molecular formula is C8H11Cl2N. The minimum Gasteiger partial charge on any atom is -0.378 e. The molecule has 1 aromatic carbocycles. The van der Waals surface area contributed by atoms with Crippen molar-refractivity contribution in [3.63, 3.8) is 0 Å². The Balaban J connectivity index is 0.000001000. The minimum atomic E-state index is 0. The Morgan fingerprint density at radius 2 is 1.91 bits per heavy atom. The van der Waals surface area contributed by atoms with Crippen molar-refractivity contribution >= 4 is 29.7 Å². The molecule has 0 atom stereocenters. The average Bonchev–Trinajstić information content (AvgIpc) is 1.88. The minimum absolute atomic E-state index is 0. The molecule has 3 heteroatoms. The third kappa shape index (κ3) is 3.00. The molecule has 11 heavy (non-hydrogen) atoms. The van der Waals surface area contributed by atoms with E-state index in [2.05, 4.69) is 0 Å². The predicted molar refractivity (Wildman–Crippen MR) is 53.0 cm³/mol. The summed E-state index contributed by atoms with van der Waals surface area (Å²) in [4.78, 5) is 2.02. The van der Waals surface area contributed by atoms with E-state index in [1.807, 2.05) is 43.3 Å². The number of hydrogen-bond donors (Lipinski definition) is 0. The van der Waals surface area contributed by atoms with E-state index >= 15 is 0 Å². The van der Waals surface area contributed by atoms with Crippen molar-refractivity contribution in [2.45, 2.75) is 0 Å². The average molecular weight is 192 g/mol. The van der Waals surface area contributed by atoms with Crippen molar-refractivity contribution < 1.29 is 0 Å². The van der Waals surface area contributed by atoms with Crippen molar-refractivity contribution in [2.24, 2.45) is 0 Å². The van der Waals surface area contributed by atoms with E-state index < -0.39 is 0 Å². The molecule has 0 aliphatic carbocycles. The van der Waals surface area contributed by atoms with Gasteiger partial charge in [0, 0.05) is 24.8 Å². The van der Waals surface area contributed by atoms with Crippen molar-refractivity contribution in [1.82, 2.24) is 0 Å². The quantitative estimate of drug-likeness (QED) is 0.661. The van der Waals surface area contributed by atoms with E-state index in [0.29, 0.717) is 0 Å². The summed E-state index contributed by atoms with van der Waals surface area (Å²) in [5, 5.41) is 0.784. The summed E-state index contributed by atoms with van der Waals surface area (Å²) in [7, 11) is 3.98. The van der Waals surface area contributed by atoms with Gasteiger partial charge in [0.2, 0.25) is 0 Å². The van der Waals surface area contributed by atoms with Crippen LogP contribution in [0, 0.1) is 0 Å². The predicted octanol–water partition coefficient (Wildman–Crippen LogP) is 2.83. The van der Waals surface area contributed by atoms with Crippen LogP contribution < -0.4 is 4.90 Å². The molecule has 0 saturated heterocycles. The molecule has 0 fully saturated rings. The van der Waals surface area contributed by atoms with Crippen molar-refractivity contribution in [3.8, 4) is 0 Å². The van der Waals surface area contributed by atoms with E-state index in [1.165, 1.54) is 0 Å². The second-order valence-corrected chi connectivity index (χ2v) is 2.81. The van der Waals surface area contributed by atoms with Crippen molar-refractivity contribution in [1.29, 1.82) is 0 Å². The van der Waals surface area contributed by atoms with Crippen LogP contribution in [0.1, 0.15) is 0 Å². The summed E-state index contributed by atoms with van der Waals surface area (Å²) < 4.78 is 0. The van der Waals surface area contributed by atoms with Crippen LogP contribution in [0.15, 0.2) is 24.3 Å². The van der Waals surface area contributed by atoms with Gasteiger partial charge in [0.1, 0.15) is 0 Å². The van der Waals surface area contributed by atoms with Gasteiger partial charge in [-0.3, -0.25) is 0 Å². The zero-order valence-electron chi connectivity index (χ0n) is 6.54. The highest BCUT2D eigenvalue weighted by atomic mass is 35.5. The molecule has 62 valence electrons. The first-order valence-electron chi connectivity index (χ1n) is 3.13. The van der Waals surface area contributed by atoms with Crippen molar-refractivity contribution in [2.75, 3.05) is 19.0 Å². The second-order valence-electron chi connectivity index (χ2n) is 2.37. The molecule has 0 saturated carbocycles. The monoisotopic (exact) mass is 191 g/mol. The number of rotatable bonds is 1. The summed E-state index contributed by atoms with van der Waals surface area (Å²) in [6.07, 6.45) is 0. The number of nitrogens with zero attached hydrogens (tertiary/aromatic N) is 1. The normalized spacial score (nSPS) is 8.64. The maximum atomic E-state index is 5.76. The molecule has 0 amide bonds. The highest BCUT2D eigenvalue weighted by Gasteiger charge is 1.93. The van der Waals surface area contributed by atoms with Gasteiger partial charge in [0.15, 0.2) is 0 Å². The largest absolute Gasteiger partial charge is 0.378 e. The standard InChI is InChI=1S/C8H10ClN.ClH/c1-10(2)8-5-3-4-7(9)6-8;/h3-6H,1-2H3;1H. The van der Waals surface area contributed by atoms with Gasteiger partial charge >= 0.3 is 0 Å². The smallest absolute Gasteiger partial charge is 0.0426 e. The van der Waals surface area contributed by atoms with Crippen LogP contribution in [0.25, 0.3) is 0 Å². The molecule has 0 radical (unpaired) electrons. The highest BCUT2D eigenvalue weighted by Crippen LogP contribution is 2.16. The Kier molecular flexibility index (Phi) is 4.31. The molecule has 1 nitrogen and oxygen atoms in total. The van der Waals surface area contributed by atoms with Crippen LogP contribution in [-0.2, 0) is 0 Å². The van der Waals surface area contributed by atoms with E-state index in [0.717, 1.165) is 10.7 Å². The van der Waals surface area contributed by atoms with E-state index in [4.69, 9.17) is 11.6 Å². The Morgan fingerprint density at radius 1 is 1.27 bits per heavy atom.